The van der Waals surface area contributed by atoms with Gasteiger partial charge in [-0.25, -0.2) is 14.8 Å². The normalized spacial score (nSPS) is 16.3. The quantitative estimate of drug-likeness (QED) is 0.00714. The highest BCUT2D eigenvalue weighted by molar-refractivity contribution is 8.09. The van der Waals surface area contributed by atoms with Crippen molar-refractivity contribution >= 4 is 121 Å². The fourth-order valence-electron chi connectivity index (χ4n) is 11.5. The van der Waals surface area contributed by atoms with E-state index in [1.54, 1.807) is 63.2 Å². The zero-order valence-corrected chi connectivity index (χ0v) is 56.9. The molecule has 2 aliphatic heterocycles. The van der Waals surface area contributed by atoms with Gasteiger partial charge in [-0.2, -0.15) is 8.42 Å². The van der Waals surface area contributed by atoms with Crippen molar-refractivity contribution in [3.63, 3.8) is 0 Å². The maximum Gasteiger partial charge on any atom is 0.533 e. The summed E-state index contributed by atoms with van der Waals surface area (Å²) >= 11 is 0.755. The molecule has 34 heteroatoms. The molecule has 0 aromatic heterocycles. The van der Waals surface area contributed by atoms with E-state index in [4.69, 9.17) is 37.4 Å². The average Bonchev–Trinajstić information content (AvgIpc) is 1.62. The SMILES string of the molecule is CC(=O)NC(C)C(=O)Nc1ccc2c(c1)C(CO)c1ccccc1-2.CC(=O)NC(C)C(=O)Nc1ccc2c(c1)C(COC(=O)ON1C(=O)CCC1=O)c1cc(SOOO)ccc1-2.CC(=O)NC(C)C(=O)Nc1ccc2c(c1)C(COC(=O)ON1C(=O)CCC1=O)c1ccccc1-2.O=S(=O)(O)Cl. The van der Waals surface area contributed by atoms with Crippen LogP contribution in [0.2, 0.25) is 0 Å². The highest BCUT2D eigenvalue weighted by atomic mass is 35.7. The van der Waals surface area contributed by atoms with Crippen LogP contribution in [0.4, 0.5) is 26.7 Å². The third-order valence-electron chi connectivity index (χ3n) is 15.9. The number of carbonyl (C=O) groups excluding carboxylic acids is 12. The molecular weight excluding hydrogens is 1380 g/mol. The number of aliphatic hydroxyl groups is 1. The molecule has 31 nitrogen and oxygen atoms in total. The molecule has 6 aromatic rings. The molecule has 10 amide bonds. The van der Waals surface area contributed by atoms with E-state index >= 15 is 0 Å². The molecule has 2 heterocycles. The van der Waals surface area contributed by atoms with Gasteiger partial charge in [-0.05, 0) is 136 Å². The van der Waals surface area contributed by atoms with Crippen molar-refractivity contribution in [2.45, 2.75) is 108 Å². The Morgan fingerprint density at radius 3 is 1.15 bits per heavy atom. The Hall–Kier alpha value is -10.7. The number of rotatable bonds is 19. The predicted molar refractivity (Wildman–Crippen MR) is 359 cm³/mol. The molecule has 0 radical (unpaired) electrons. The molecule has 0 spiro atoms. The van der Waals surface area contributed by atoms with Crippen molar-refractivity contribution < 1.29 is 109 Å². The number of hydrogen-bond donors (Lipinski definition) is 9. The molecule has 532 valence electrons. The van der Waals surface area contributed by atoms with Crippen LogP contribution in [-0.2, 0) is 85.8 Å². The molecule has 6 atom stereocenters. The van der Waals surface area contributed by atoms with Gasteiger partial charge in [0.15, 0.2) is 0 Å². The number of nitrogens with one attached hydrogen (secondary N) is 6. The van der Waals surface area contributed by atoms with Crippen LogP contribution in [0.25, 0.3) is 33.4 Å². The Morgan fingerprint density at radius 2 is 0.802 bits per heavy atom. The summed E-state index contributed by atoms with van der Waals surface area (Å²) in [5, 5.41) is 38.7. The molecule has 5 aliphatic rings. The topological polar surface area (TPSA) is 434 Å². The first-order valence-corrected chi connectivity index (χ1v) is 33.8. The van der Waals surface area contributed by atoms with Crippen LogP contribution in [0.5, 0.6) is 0 Å². The lowest BCUT2D eigenvalue weighted by molar-refractivity contribution is -0.432. The average molecular weight is 1450 g/mol. The number of hydrogen-bond acceptors (Lipinski definition) is 23. The van der Waals surface area contributed by atoms with Gasteiger partial charge in [-0.15, -0.1) is 4.33 Å². The van der Waals surface area contributed by atoms with Crippen LogP contribution < -0.4 is 31.9 Å². The number of halogens is 1. The third-order valence-corrected chi connectivity index (χ3v) is 16.5. The minimum Gasteiger partial charge on any atom is -0.432 e. The second-order valence-electron chi connectivity index (χ2n) is 23.0. The molecule has 9 N–H and O–H groups in total. The molecule has 101 heavy (non-hydrogen) atoms. The molecule has 11 rings (SSSR count). The van der Waals surface area contributed by atoms with Crippen LogP contribution in [0.1, 0.15) is 118 Å². The van der Waals surface area contributed by atoms with E-state index in [1.807, 2.05) is 78.9 Å². The summed E-state index contributed by atoms with van der Waals surface area (Å²) in [5.74, 6) is -5.39. The Morgan fingerprint density at radius 1 is 0.495 bits per heavy atom. The van der Waals surface area contributed by atoms with Gasteiger partial charge in [0.25, 0.3) is 23.6 Å². The van der Waals surface area contributed by atoms with Crippen LogP contribution in [0, 0.1) is 0 Å². The van der Waals surface area contributed by atoms with E-state index < -0.39 is 75.2 Å². The number of anilines is 3. The van der Waals surface area contributed by atoms with E-state index in [9.17, 15) is 62.6 Å². The zero-order valence-electron chi connectivity index (χ0n) is 54.6. The van der Waals surface area contributed by atoms with Crippen LogP contribution in [-0.4, -0.2) is 143 Å². The maximum absolute atomic E-state index is 12.5. The van der Waals surface area contributed by atoms with Gasteiger partial charge in [-0.3, -0.25) is 62.2 Å². The minimum atomic E-state index is -4.19. The van der Waals surface area contributed by atoms with E-state index in [1.165, 1.54) is 20.8 Å². The third kappa shape index (κ3) is 19.8. The minimum absolute atomic E-state index is 0.00939. The van der Waals surface area contributed by atoms with Gasteiger partial charge >= 0.3 is 21.6 Å². The first-order valence-electron chi connectivity index (χ1n) is 30.8. The van der Waals surface area contributed by atoms with Gasteiger partial charge in [0.2, 0.25) is 35.4 Å². The summed E-state index contributed by atoms with van der Waals surface area (Å²) < 4.78 is 40.2. The molecule has 2 fully saturated rings. The largest absolute Gasteiger partial charge is 0.533 e. The first-order chi connectivity index (χ1) is 47.9. The molecule has 6 aromatic carbocycles. The zero-order chi connectivity index (χ0) is 73.6. The molecular formula is C67H67ClN8O23S2. The van der Waals surface area contributed by atoms with Gasteiger partial charge in [0, 0.05) is 96.8 Å². The number of aliphatic hydroxyl groups excluding tert-OH is 1. The lowest BCUT2D eigenvalue weighted by atomic mass is 9.97. The fourth-order valence-corrected chi connectivity index (χ4v) is 11.9. The maximum atomic E-state index is 12.5. The smallest absolute Gasteiger partial charge is 0.432 e. The molecule has 6 unspecified atom stereocenters. The second-order valence-corrected chi connectivity index (χ2v) is 25.8. The van der Waals surface area contributed by atoms with E-state index in [0.717, 1.165) is 73.2 Å². The fraction of sp³-hybridized carbons (Fsp3) is 0.284. The Kier molecular flexibility index (Phi) is 25.6. The number of benzene rings is 6. The van der Waals surface area contributed by atoms with Gasteiger partial charge in [0.1, 0.15) is 31.3 Å². The Labute approximate surface area is 585 Å². The van der Waals surface area contributed by atoms with Crippen molar-refractivity contribution in [3.8, 4) is 33.4 Å². The molecule has 0 bridgehead atoms. The number of nitrogens with zero attached hydrogens (tertiary/aromatic N) is 2. The van der Waals surface area contributed by atoms with Crippen LogP contribution >= 0.6 is 22.7 Å². The molecule has 3 aliphatic carbocycles. The van der Waals surface area contributed by atoms with E-state index in [-0.39, 0.29) is 86.9 Å². The van der Waals surface area contributed by atoms with Crippen LogP contribution in [0.3, 0.4) is 0 Å². The summed E-state index contributed by atoms with van der Waals surface area (Å²) in [7, 11) is -0.137. The Balaban J connectivity index is 0.000000190. The monoisotopic (exact) mass is 1450 g/mol. The lowest BCUT2D eigenvalue weighted by Crippen LogP contribution is -2.40. The highest BCUT2D eigenvalue weighted by Crippen LogP contribution is 2.49. The molecule has 2 saturated heterocycles. The van der Waals surface area contributed by atoms with E-state index in [2.05, 4.69) is 52.0 Å². The van der Waals surface area contributed by atoms with Gasteiger partial charge in [-0.1, -0.05) is 88.0 Å². The summed E-state index contributed by atoms with van der Waals surface area (Å²) in [6.45, 7) is 8.49. The molecule has 0 saturated carbocycles. The summed E-state index contributed by atoms with van der Waals surface area (Å²) in [6.07, 6.45) is -2.49. The number of fused-ring (bicyclic) bond motifs is 9. The van der Waals surface area contributed by atoms with E-state index in [0.29, 0.717) is 37.6 Å². The number of carbonyl (C=O) groups is 12. The highest BCUT2D eigenvalue weighted by Gasteiger charge is 2.38. The summed E-state index contributed by atoms with van der Waals surface area (Å²) in [4.78, 5) is 152. The number of hydroxylamine groups is 4. The lowest BCUT2D eigenvalue weighted by Gasteiger charge is -2.17. The Bertz CT molecular complexity index is 4350. The van der Waals surface area contributed by atoms with Crippen molar-refractivity contribution in [2.24, 2.45) is 0 Å². The first kappa shape index (κ1) is 76.1. The summed E-state index contributed by atoms with van der Waals surface area (Å²) in [5.41, 5.74) is 12.7. The number of ether oxygens (including phenoxy) is 2. The second kappa shape index (κ2) is 33.9. The van der Waals surface area contributed by atoms with Gasteiger partial charge < -0.3 is 46.5 Å². The van der Waals surface area contributed by atoms with Crippen molar-refractivity contribution in [1.29, 1.82) is 0 Å². The van der Waals surface area contributed by atoms with Crippen molar-refractivity contribution in [2.75, 3.05) is 35.8 Å². The predicted octanol–water partition coefficient (Wildman–Crippen LogP) is 7.67. The number of amides is 10. The number of imide groups is 2. The van der Waals surface area contributed by atoms with Gasteiger partial charge in [0.05, 0.1) is 18.6 Å². The summed E-state index contributed by atoms with van der Waals surface area (Å²) in [6, 6.07) is 35.2. The standard InChI is InChI=1S/C24H23N3O10S.C24H23N3O7.C19H20N2O3.ClHO3S/c1-12(25-13(2)28)23(31)26-14-3-5-16-17-6-4-15(38-37-36-33)10-19(17)20(18(16)9-14)11-34-24(32)35-27-21(29)7-8-22(27)30;1-13(25-14(2)28)23(31)26-15-7-8-18-16-5-3-4-6-17(16)20(19(18)11-15)12-33-24(32)34-27-21(29)9-10-22(27)30;1-11(20-12(2)23)19(24)21-13-7-8-16-14-5-3-4-6-15(14)18(10-22)17(16)9-13;1-5(2,3)4/h3-6,9-10,12,20,33H,7-8,11H2,1-2H3,(H,25,28)(H,26,31);3-8,11,13,20H,9-10,12H2,1-2H3,(H,25,28)(H,26,31);3-9,11,18,22H,10H2,1-2H3,(H,20,23)(H,21,24);(H,2,3,4). The van der Waals surface area contributed by atoms with Crippen molar-refractivity contribution in [3.05, 3.63) is 155 Å². The van der Waals surface area contributed by atoms with Crippen molar-refractivity contribution in [1.82, 2.24) is 26.1 Å². The van der Waals surface area contributed by atoms with Crippen LogP contribution in [0.15, 0.2) is 126 Å².